The summed E-state index contributed by atoms with van der Waals surface area (Å²) in [6.07, 6.45) is 2.60. The Balaban J connectivity index is 1.64. The molecule has 4 heteroatoms. The number of aryl methyl sites for hydroxylation is 2. The number of imidazole rings is 1. The lowest BCUT2D eigenvalue weighted by Gasteiger charge is -2.14. The van der Waals surface area contributed by atoms with Gasteiger partial charge in [0.15, 0.2) is 0 Å². The minimum Gasteiger partial charge on any atom is -0.508 e. The van der Waals surface area contributed by atoms with E-state index in [1.807, 2.05) is 24.3 Å². The van der Waals surface area contributed by atoms with E-state index in [0.717, 1.165) is 53.8 Å². The lowest BCUT2D eigenvalue weighted by molar-refractivity contribution is 0.139. The van der Waals surface area contributed by atoms with Crippen LogP contribution in [0.15, 0.2) is 42.5 Å². The van der Waals surface area contributed by atoms with Gasteiger partial charge >= 0.3 is 0 Å². The maximum atomic E-state index is 11.3. The molecule has 2 aromatic carbocycles. The fourth-order valence-corrected chi connectivity index (χ4v) is 5.23. The molecule has 1 aliphatic rings. The van der Waals surface area contributed by atoms with Gasteiger partial charge < -0.3 is 14.8 Å². The molecule has 0 spiro atoms. The number of rotatable bonds is 8. The van der Waals surface area contributed by atoms with Gasteiger partial charge in [0.1, 0.15) is 11.6 Å². The zero-order valence-corrected chi connectivity index (χ0v) is 18.5. The van der Waals surface area contributed by atoms with Crippen LogP contribution in [-0.2, 0) is 13.0 Å². The van der Waals surface area contributed by atoms with E-state index >= 15 is 0 Å². The van der Waals surface area contributed by atoms with Gasteiger partial charge in [-0.2, -0.15) is 0 Å². The molecular weight excluding hydrogens is 372 g/mol. The number of phenolic OH excluding ortho intramolecular Hbond substituents is 1. The first-order chi connectivity index (χ1) is 14.4. The molecule has 2 N–H and O–H groups in total. The number of aliphatic hydroxyl groups is 1. The molecule has 1 aromatic heterocycles. The maximum absolute atomic E-state index is 11.3. The van der Waals surface area contributed by atoms with Gasteiger partial charge in [0.25, 0.3) is 0 Å². The highest BCUT2D eigenvalue weighted by molar-refractivity contribution is 5.77. The summed E-state index contributed by atoms with van der Waals surface area (Å²) in [5.41, 5.74) is 4.16. The minimum atomic E-state index is -0.423. The number of aromatic nitrogens is 2. The Bertz CT molecular complexity index is 1020. The zero-order chi connectivity index (χ0) is 21.4. The molecule has 3 aromatic rings. The summed E-state index contributed by atoms with van der Waals surface area (Å²) in [7, 11) is 0. The van der Waals surface area contributed by atoms with Gasteiger partial charge in [-0.15, -0.1) is 0 Å². The molecule has 0 aliphatic heterocycles. The van der Waals surface area contributed by atoms with Crippen molar-refractivity contribution in [3.05, 3.63) is 59.4 Å². The van der Waals surface area contributed by atoms with Crippen LogP contribution in [0, 0.1) is 30.6 Å². The SMILES string of the molecule is CCCn1c(CC2C(CC(C)C)C2C(O)c2ccccc2C)nc2ccc(O)cc21. The number of fused-ring (bicyclic) bond motifs is 1. The van der Waals surface area contributed by atoms with Crippen molar-refractivity contribution in [3.8, 4) is 5.75 Å². The van der Waals surface area contributed by atoms with E-state index in [-0.39, 0.29) is 11.7 Å². The number of aromatic hydroxyl groups is 1. The largest absolute Gasteiger partial charge is 0.508 e. The van der Waals surface area contributed by atoms with E-state index in [1.54, 1.807) is 6.07 Å². The second kappa shape index (κ2) is 8.43. The van der Waals surface area contributed by atoms with Gasteiger partial charge in [0, 0.05) is 19.0 Å². The van der Waals surface area contributed by atoms with Crippen molar-refractivity contribution in [1.82, 2.24) is 9.55 Å². The van der Waals surface area contributed by atoms with Crippen molar-refractivity contribution in [1.29, 1.82) is 0 Å². The normalized spacial score (nSPS) is 22.0. The van der Waals surface area contributed by atoms with Crippen LogP contribution in [0.5, 0.6) is 5.75 Å². The van der Waals surface area contributed by atoms with Crippen molar-refractivity contribution in [2.75, 3.05) is 0 Å². The van der Waals surface area contributed by atoms with Gasteiger partial charge in [-0.1, -0.05) is 45.0 Å². The van der Waals surface area contributed by atoms with Gasteiger partial charge in [-0.05, 0) is 66.7 Å². The number of nitrogens with zero attached hydrogens (tertiary/aromatic N) is 2. The average molecular weight is 407 g/mol. The van der Waals surface area contributed by atoms with Crippen molar-refractivity contribution >= 4 is 11.0 Å². The second-order valence-electron chi connectivity index (χ2n) is 9.39. The third kappa shape index (κ3) is 3.98. The molecule has 4 nitrogen and oxygen atoms in total. The number of hydrogen-bond donors (Lipinski definition) is 2. The van der Waals surface area contributed by atoms with Gasteiger partial charge in [-0.3, -0.25) is 0 Å². The lowest BCUT2D eigenvalue weighted by atomic mass is 9.97. The van der Waals surface area contributed by atoms with Crippen LogP contribution in [0.3, 0.4) is 0 Å². The van der Waals surface area contributed by atoms with E-state index in [1.165, 1.54) is 0 Å². The predicted molar refractivity (Wildman–Crippen MR) is 121 cm³/mol. The molecule has 4 rings (SSSR count). The molecule has 0 radical (unpaired) electrons. The summed E-state index contributed by atoms with van der Waals surface area (Å²) in [5.74, 6) is 3.19. The molecule has 30 heavy (non-hydrogen) atoms. The van der Waals surface area contributed by atoms with Crippen LogP contribution >= 0.6 is 0 Å². The van der Waals surface area contributed by atoms with Crippen molar-refractivity contribution < 1.29 is 10.2 Å². The van der Waals surface area contributed by atoms with Crippen molar-refractivity contribution in [3.63, 3.8) is 0 Å². The molecule has 1 aliphatic carbocycles. The number of phenols is 1. The Morgan fingerprint density at radius 3 is 2.57 bits per heavy atom. The van der Waals surface area contributed by atoms with E-state index in [0.29, 0.717) is 17.8 Å². The minimum absolute atomic E-state index is 0.275. The van der Waals surface area contributed by atoms with Gasteiger partial charge in [0.2, 0.25) is 0 Å². The topological polar surface area (TPSA) is 58.3 Å². The summed E-state index contributed by atoms with van der Waals surface area (Å²) in [6.45, 7) is 9.67. The highest BCUT2D eigenvalue weighted by Gasteiger charge is 2.54. The molecule has 0 saturated heterocycles. The average Bonchev–Trinajstić information content (AvgIpc) is 3.25. The standard InChI is InChI=1S/C26H34N2O2/c1-5-12-28-23-14-18(29)10-11-22(23)27-24(28)15-21-20(13-16(2)3)25(21)26(30)19-9-7-6-8-17(19)4/h6-11,14,16,20-21,25-26,29-30H,5,12-13,15H2,1-4H3. The third-order valence-electron chi connectivity index (χ3n) is 6.69. The van der Waals surface area contributed by atoms with Crippen molar-refractivity contribution in [2.24, 2.45) is 23.7 Å². The molecule has 0 amide bonds. The van der Waals surface area contributed by atoms with Gasteiger partial charge in [-0.25, -0.2) is 4.98 Å². The quantitative estimate of drug-likeness (QED) is 0.508. The van der Waals surface area contributed by atoms with Gasteiger partial charge in [0.05, 0.1) is 17.1 Å². The van der Waals surface area contributed by atoms with E-state index in [9.17, 15) is 10.2 Å². The maximum Gasteiger partial charge on any atom is 0.117 e. The molecule has 4 atom stereocenters. The molecule has 1 fully saturated rings. The first-order valence-corrected chi connectivity index (χ1v) is 11.3. The van der Waals surface area contributed by atoms with Crippen LogP contribution in [0.1, 0.15) is 56.7 Å². The number of aliphatic hydroxyl groups excluding tert-OH is 1. The second-order valence-corrected chi connectivity index (χ2v) is 9.39. The van der Waals surface area contributed by atoms with Crippen LogP contribution in [0.2, 0.25) is 0 Å². The monoisotopic (exact) mass is 406 g/mol. The molecule has 1 heterocycles. The zero-order valence-electron chi connectivity index (χ0n) is 18.5. The van der Waals surface area contributed by atoms with Crippen LogP contribution in [-0.4, -0.2) is 19.8 Å². The van der Waals surface area contributed by atoms with Crippen LogP contribution < -0.4 is 0 Å². The fraction of sp³-hybridized carbons (Fsp3) is 0.500. The Morgan fingerprint density at radius 1 is 1.10 bits per heavy atom. The Hall–Kier alpha value is -2.33. The number of benzene rings is 2. The Kier molecular flexibility index (Phi) is 5.88. The molecule has 1 saturated carbocycles. The Labute approximate surface area is 179 Å². The summed E-state index contributed by atoms with van der Waals surface area (Å²) in [6, 6.07) is 13.6. The summed E-state index contributed by atoms with van der Waals surface area (Å²) in [5, 5.41) is 21.2. The smallest absolute Gasteiger partial charge is 0.117 e. The summed E-state index contributed by atoms with van der Waals surface area (Å²) < 4.78 is 2.26. The predicted octanol–water partition coefficient (Wildman–Crippen LogP) is 5.64. The van der Waals surface area contributed by atoms with Crippen molar-refractivity contribution in [2.45, 2.75) is 59.6 Å². The van der Waals surface area contributed by atoms with E-state index < -0.39 is 6.10 Å². The lowest BCUT2D eigenvalue weighted by Crippen LogP contribution is -2.08. The van der Waals surface area contributed by atoms with E-state index in [4.69, 9.17) is 4.98 Å². The summed E-state index contributed by atoms with van der Waals surface area (Å²) >= 11 is 0. The Morgan fingerprint density at radius 2 is 1.87 bits per heavy atom. The summed E-state index contributed by atoms with van der Waals surface area (Å²) in [4.78, 5) is 4.92. The first kappa shape index (κ1) is 20.9. The third-order valence-corrected chi connectivity index (χ3v) is 6.69. The molecule has 0 bridgehead atoms. The highest BCUT2D eigenvalue weighted by Crippen LogP contribution is 2.57. The fourth-order valence-electron chi connectivity index (χ4n) is 5.23. The number of hydrogen-bond acceptors (Lipinski definition) is 3. The molecule has 160 valence electrons. The first-order valence-electron chi connectivity index (χ1n) is 11.3. The molecule has 4 unspecified atom stereocenters. The van der Waals surface area contributed by atoms with Crippen LogP contribution in [0.25, 0.3) is 11.0 Å². The molecular formula is C26H34N2O2. The van der Waals surface area contributed by atoms with E-state index in [2.05, 4.69) is 44.4 Å². The highest BCUT2D eigenvalue weighted by atomic mass is 16.3. The van der Waals surface area contributed by atoms with Crippen LogP contribution in [0.4, 0.5) is 0 Å².